The van der Waals surface area contributed by atoms with Gasteiger partial charge in [0, 0.05) is 21.8 Å². The fourth-order valence-corrected chi connectivity index (χ4v) is 2.29. The number of benzene rings is 1. The van der Waals surface area contributed by atoms with E-state index >= 15 is 0 Å². The lowest BCUT2D eigenvalue weighted by Crippen LogP contribution is -2.27. The molecule has 1 aromatic rings. The monoisotopic (exact) mass is 269 g/mol. The highest BCUT2D eigenvalue weighted by Crippen LogP contribution is 2.34. The van der Waals surface area contributed by atoms with Gasteiger partial charge in [0.05, 0.1) is 6.61 Å². The molecule has 0 aromatic heterocycles. The summed E-state index contributed by atoms with van der Waals surface area (Å²) >= 11 is 6.35. The number of hydrogen-bond donors (Lipinski definition) is 2. The van der Waals surface area contributed by atoms with Crippen LogP contribution >= 0.6 is 11.6 Å². The summed E-state index contributed by atoms with van der Waals surface area (Å²) in [7, 11) is 0. The summed E-state index contributed by atoms with van der Waals surface area (Å²) in [6, 6.07) is 3.91. The molecule has 0 radical (unpaired) electrons. The van der Waals surface area contributed by atoms with Crippen LogP contribution in [0.25, 0.3) is 0 Å². The molecule has 0 spiro atoms. The van der Waals surface area contributed by atoms with E-state index in [9.17, 15) is 5.11 Å². The van der Waals surface area contributed by atoms with E-state index in [1.165, 1.54) is 0 Å². The summed E-state index contributed by atoms with van der Waals surface area (Å²) < 4.78 is 0. The molecule has 0 aliphatic rings. The summed E-state index contributed by atoms with van der Waals surface area (Å²) in [6.07, 6.45) is 0. The predicted octanol–water partition coefficient (Wildman–Crippen LogP) is 4.34. The lowest BCUT2D eigenvalue weighted by Gasteiger charge is -2.27. The SMILES string of the molecule is CC(C)(C)Nc1cc(Cl)c(C(C)(C)C)cc1CO. The van der Waals surface area contributed by atoms with Crippen LogP contribution in [0.1, 0.15) is 52.7 Å². The number of aliphatic hydroxyl groups is 1. The number of anilines is 1. The minimum absolute atomic E-state index is 0.0126. The standard InChI is InChI=1S/C15H24ClNO/c1-14(2,3)11-7-10(9-18)13(8-12(11)16)17-15(4,5)6/h7-8,17-18H,9H2,1-6H3. The van der Waals surface area contributed by atoms with E-state index in [0.29, 0.717) is 0 Å². The normalized spacial score (nSPS) is 12.7. The third-order valence-corrected chi connectivity index (χ3v) is 2.99. The van der Waals surface area contributed by atoms with Gasteiger partial charge in [-0.3, -0.25) is 0 Å². The van der Waals surface area contributed by atoms with Crippen LogP contribution in [0.2, 0.25) is 5.02 Å². The van der Waals surface area contributed by atoms with E-state index in [1.807, 2.05) is 12.1 Å². The lowest BCUT2D eigenvalue weighted by atomic mass is 9.85. The largest absolute Gasteiger partial charge is 0.392 e. The second-order valence-corrected chi connectivity index (χ2v) is 7.18. The second kappa shape index (κ2) is 5.10. The number of aliphatic hydroxyl groups excluding tert-OH is 1. The van der Waals surface area contributed by atoms with Crippen molar-refractivity contribution in [2.24, 2.45) is 0 Å². The Balaban J connectivity index is 3.28. The average molecular weight is 270 g/mol. The first-order valence-electron chi connectivity index (χ1n) is 6.26. The Morgan fingerprint density at radius 1 is 1.11 bits per heavy atom. The quantitative estimate of drug-likeness (QED) is 0.837. The third-order valence-electron chi connectivity index (χ3n) is 2.68. The van der Waals surface area contributed by atoms with Gasteiger partial charge in [0.2, 0.25) is 0 Å². The van der Waals surface area contributed by atoms with E-state index in [4.69, 9.17) is 11.6 Å². The number of rotatable bonds is 2. The van der Waals surface area contributed by atoms with Crippen LogP contribution in [0.3, 0.4) is 0 Å². The van der Waals surface area contributed by atoms with Gasteiger partial charge >= 0.3 is 0 Å². The van der Waals surface area contributed by atoms with Crippen LogP contribution < -0.4 is 5.32 Å². The molecule has 0 aliphatic heterocycles. The van der Waals surface area contributed by atoms with Crippen LogP contribution in [0, 0.1) is 0 Å². The van der Waals surface area contributed by atoms with Crippen molar-refractivity contribution in [3.63, 3.8) is 0 Å². The van der Waals surface area contributed by atoms with Crippen molar-refractivity contribution in [2.45, 2.75) is 59.1 Å². The first-order valence-corrected chi connectivity index (χ1v) is 6.64. The van der Waals surface area contributed by atoms with Crippen molar-refractivity contribution < 1.29 is 5.11 Å². The van der Waals surface area contributed by atoms with Crippen molar-refractivity contribution in [1.82, 2.24) is 0 Å². The van der Waals surface area contributed by atoms with Crippen molar-refractivity contribution in [2.75, 3.05) is 5.32 Å². The fourth-order valence-electron chi connectivity index (χ4n) is 1.84. The lowest BCUT2D eigenvalue weighted by molar-refractivity contribution is 0.282. The molecule has 2 N–H and O–H groups in total. The molecular formula is C15H24ClNO. The molecule has 0 amide bonds. The molecule has 0 saturated carbocycles. The van der Waals surface area contributed by atoms with Crippen LogP contribution in [0.4, 0.5) is 5.69 Å². The number of halogens is 1. The molecule has 1 rings (SSSR count). The summed E-state index contributed by atoms with van der Waals surface area (Å²) in [4.78, 5) is 0. The van der Waals surface area contributed by atoms with Crippen LogP contribution in [0.15, 0.2) is 12.1 Å². The first kappa shape index (κ1) is 15.3. The van der Waals surface area contributed by atoms with Crippen LogP contribution in [0.5, 0.6) is 0 Å². The van der Waals surface area contributed by atoms with Gasteiger partial charge in [0.25, 0.3) is 0 Å². The van der Waals surface area contributed by atoms with E-state index in [1.54, 1.807) is 0 Å². The first-order chi connectivity index (χ1) is 8.04. The van der Waals surface area contributed by atoms with Crippen LogP contribution in [-0.4, -0.2) is 10.6 Å². The molecule has 0 unspecified atom stereocenters. The maximum atomic E-state index is 9.51. The Labute approximate surface area is 115 Å². The van der Waals surface area contributed by atoms with E-state index < -0.39 is 0 Å². The van der Waals surface area contributed by atoms with E-state index in [2.05, 4.69) is 46.9 Å². The second-order valence-electron chi connectivity index (χ2n) is 6.77. The smallest absolute Gasteiger partial charge is 0.0702 e. The zero-order chi connectivity index (χ0) is 14.1. The number of hydrogen-bond acceptors (Lipinski definition) is 2. The molecule has 0 bridgehead atoms. The average Bonchev–Trinajstić information content (AvgIpc) is 2.13. The van der Waals surface area contributed by atoms with Crippen molar-refractivity contribution in [1.29, 1.82) is 0 Å². The van der Waals surface area contributed by atoms with Gasteiger partial charge in [0.15, 0.2) is 0 Å². The van der Waals surface area contributed by atoms with Crippen molar-refractivity contribution in [3.8, 4) is 0 Å². The number of nitrogens with one attached hydrogen (secondary N) is 1. The maximum absolute atomic E-state index is 9.51. The van der Waals surface area contributed by atoms with Gasteiger partial charge in [-0.05, 0) is 43.9 Å². The van der Waals surface area contributed by atoms with Gasteiger partial charge in [-0.2, -0.15) is 0 Å². The Morgan fingerprint density at radius 3 is 2.06 bits per heavy atom. The van der Waals surface area contributed by atoms with E-state index in [0.717, 1.165) is 21.8 Å². The Hall–Kier alpha value is -0.730. The predicted molar refractivity (Wildman–Crippen MR) is 79.5 cm³/mol. The Morgan fingerprint density at radius 2 is 1.67 bits per heavy atom. The maximum Gasteiger partial charge on any atom is 0.0702 e. The van der Waals surface area contributed by atoms with Crippen LogP contribution in [-0.2, 0) is 12.0 Å². The summed E-state index contributed by atoms with van der Waals surface area (Å²) in [5, 5.41) is 13.6. The summed E-state index contributed by atoms with van der Waals surface area (Å²) in [6.45, 7) is 12.6. The topological polar surface area (TPSA) is 32.3 Å². The van der Waals surface area contributed by atoms with Gasteiger partial charge in [-0.25, -0.2) is 0 Å². The minimum atomic E-state index is -0.0590. The Kier molecular flexibility index (Phi) is 4.34. The van der Waals surface area contributed by atoms with E-state index in [-0.39, 0.29) is 17.6 Å². The van der Waals surface area contributed by atoms with Gasteiger partial charge < -0.3 is 10.4 Å². The van der Waals surface area contributed by atoms with Crippen molar-refractivity contribution in [3.05, 3.63) is 28.3 Å². The zero-order valence-electron chi connectivity index (χ0n) is 12.2. The fraction of sp³-hybridized carbons (Fsp3) is 0.600. The highest BCUT2D eigenvalue weighted by molar-refractivity contribution is 6.31. The van der Waals surface area contributed by atoms with Gasteiger partial charge in [-0.15, -0.1) is 0 Å². The van der Waals surface area contributed by atoms with Crippen molar-refractivity contribution >= 4 is 17.3 Å². The molecule has 3 heteroatoms. The molecule has 18 heavy (non-hydrogen) atoms. The molecule has 1 aromatic carbocycles. The highest BCUT2D eigenvalue weighted by atomic mass is 35.5. The third kappa shape index (κ3) is 3.89. The molecule has 0 saturated heterocycles. The molecule has 0 fully saturated rings. The molecular weight excluding hydrogens is 246 g/mol. The van der Waals surface area contributed by atoms with Gasteiger partial charge in [0.1, 0.15) is 0 Å². The zero-order valence-corrected chi connectivity index (χ0v) is 12.9. The van der Waals surface area contributed by atoms with Gasteiger partial charge in [-0.1, -0.05) is 32.4 Å². The summed E-state index contributed by atoms with van der Waals surface area (Å²) in [5.74, 6) is 0. The summed E-state index contributed by atoms with van der Waals surface area (Å²) in [5.41, 5.74) is 2.77. The molecule has 0 heterocycles. The Bertz CT molecular complexity index is 427. The molecule has 0 aliphatic carbocycles. The molecule has 102 valence electrons. The molecule has 2 nitrogen and oxygen atoms in total. The molecule has 0 atom stereocenters. The highest BCUT2D eigenvalue weighted by Gasteiger charge is 2.21. The minimum Gasteiger partial charge on any atom is -0.392 e.